The normalized spacial score (nSPS) is 16.1. The Balaban J connectivity index is 1.79. The monoisotopic (exact) mass is 367 g/mol. The van der Waals surface area contributed by atoms with Crippen molar-refractivity contribution in [3.8, 4) is 11.1 Å². The Labute approximate surface area is 161 Å². The molecule has 0 radical (unpaired) electrons. The van der Waals surface area contributed by atoms with Gasteiger partial charge < -0.3 is 15.2 Å². The summed E-state index contributed by atoms with van der Waals surface area (Å²) in [6, 6.07) is 15.1. The largest absolute Gasteiger partial charge is 0.395 e. The predicted molar refractivity (Wildman–Crippen MR) is 108 cm³/mol. The van der Waals surface area contributed by atoms with Gasteiger partial charge >= 0.3 is 0 Å². The summed E-state index contributed by atoms with van der Waals surface area (Å²) in [7, 11) is 0. The van der Waals surface area contributed by atoms with Crippen LogP contribution in [-0.4, -0.2) is 37.4 Å². The Morgan fingerprint density at radius 1 is 1.04 bits per heavy atom. The average molecular weight is 367 g/mol. The van der Waals surface area contributed by atoms with Gasteiger partial charge in [0, 0.05) is 19.8 Å². The Bertz CT molecular complexity index is 756. The second-order valence-electron chi connectivity index (χ2n) is 7.62. The lowest BCUT2D eigenvalue weighted by atomic mass is 9.74. The molecule has 1 heterocycles. The number of nitrogens with one attached hydrogen (secondary N) is 1. The van der Waals surface area contributed by atoms with Crippen LogP contribution in [0.25, 0.3) is 11.1 Å². The lowest BCUT2D eigenvalue weighted by molar-refractivity contribution is -0.136. The van der Waals surface area contributed by atoms with Gasteiger partial charge in [0.25, 0.3) is 0 Å². The third-order valence-corrected chi connectivity index (χ3v) is 5.38. The Kier molecular flexibility index (Phi) is 6.30. The Morgan fingerprint density at radius 3 is 2.26 bits per heavy atom. The van der Waals surface area contributed by atoms with Gasteiger partial charge in [0.1, 0.15) is 0 Å². The first kappa shape index (κ1) is 19.6. The summed E-state index contributed by atoms with van der Waals surface area (Å²) in [5.41, 5.74) is 5.64. The number of carbonyl (C=O) groups excluding carboxylic acids is 1. The van der Waals surface area contributed by atoms with Gasteiger partial charge in [-0.05, 0) is 49.8 Å². The molecule has 2 N–H and O–H groups in total. The van der Waals surface area contributed by atoms with Gasteiger partial charge in [0.2, 0.25) is 5.91 Å². The lowest BCUT2D eigenvalue weighted by Gasteiger charge is -2.36. The molecule has 27 heavy (non-hydrogen) atoms. The Hall–Kier alpha value is -2.17. The van der Waals surface area contributed by atoms with E-state index in [0.29, 0.717) is 39.0 Å². The predicted octanol–water partition coefficient (Wildman–Crippen LogP) is 3.42. The average Bonchev–Trinajstić information content (AvgIpc) is 2.66. The van der Waals surface area contributed by atoms with Crippen LogP contribution >= 0.6 is 0 Å². The summed E-state index contributed by atoms with van der Waals surface area (Å²) in [5, 5.41) is 11.9. The highest BCUT2D eigenvalue weighted by atomic mass is 16.5. The third kappa shape index (κ3) is 4.76. The van der Waals surface area contributed by atoms with E-state index in [1.165, 1.54) is 22.3 Å². The highest BCUT2D eigenvalue weighted by Gasteiger charge is 2.39. The highest BCUT2D eigenvalue weighted by molar-refractivity contribution is 5.83. The summed E-state index contributed by atoms with van der Waals surface area (Å²) >= 11 is 0. The highest BCUT2D eigenvalue weighted by Crippen LogP contribution is 2.35. The fourth-order valence-corrected chi connectivity index (χ4v) is 3.95. The van der Waals surface area contributed by atoms with Gasteiger partial charge in [0.15, 0.2) is 0 Å². The minimum atomic E-state index is -0.450. The lowest BCUT2D eigenvalue weighted by Crippen LogP contribution is -2.46. The van der Waals surface area contributed by atoms with Crippen molar-refractivity contribution in [1.29, 1.82) is 0 Å². The fraction of sp³-hybridized carbons (Fsp3) is 0.435. The number of benzene rings is 2. The molecule has 2 aromatic carbocycles. The van der Waals surface area contributed by atoms with Crippen molar-refractivity contribution in [2.75, 3.05) is 26.4 Å². The number of aliphatic hydroxyl groups excluding tert-OH is 1. The summed E-state index contributed by atoms with van der Waals surface area (Å²) in [6.07, 6.45) is 2.12. The summed E-state index contributed by atoms with van der Waals surface area (Å²) in [4.78, 5) is 12.8. The first-order valence-corrected chi connectivity index (χ1v) is 9.67. The van der Waals surface area contributed by atoms with Crippen molar-refractivity contribution in [3.63, 3.8) is 0 Å². The number of hydrogen-bond donors (Lipinski definition) is 2. The first-order valence-electron chi connectivity index (χ1n) is 9.67. The van der Waals surface area contributed by atoms with Crippen LogP contribution in [-0.2, 0) is 16.0 Å². The molecular weight excluding hydrogens is 338 g/mol. The van der Waals surface area contributed by atoms with Crippen molar-refractivity contribution in [2.24, 2.45) is 5.41 Å². The topological polar surface area (TPSA) is 58.6 Å². The zero-order chi connectivity index (χ0) is 19.3. The number of aliphatic hydroxyl groups is 1. The van der Waals surface area contributed by atoms with E-state index in [-0.39, 0.29) is 12.5 Å². The van der Waals surface area contributed by atoms with Gasteiger partial charge in [0.05, 0.1) is 12.0 Å². The van der Waals surface area contributed by atoms with Crippen molar-refractivity contribution < 1.29 is 14.6 Å². The van der Waals surface area contributed by atoms with Crippen LogP contribution in [0.3, 0.4) is 0 Å². The van der Waals surface area contributed by atoms with E-state index in [2.05, 4.69) is 61.6 Å². The standard InChI is InChI=1S/C23H29NO3/c1-17-13-18(2)15-21(14-17)20-5-3-19(4-6-20)16-23(7-11-27-12-8-23)22(26)24-9-10-25/h3-6,13-15,25H,7-12,16H2,1-2H3,(H,24,26). The van der Waals surface area contributed by atoms with Crippen LogP contribution in [0.5, 0.6) is 0 Å². The molecular formula is C23H29NO3. The molecule has 1 amide bonds. The number of amides is 1. The molecule has 0 bridgehead atoms. The van der Waals surface area contributed by atoms with Gasteiger partial charge in [-0.2, -0.15) is 0 Å². The number of ether oxygens (including phenoxy) is 1. The maximum atomic E-state index is 12.8. The minimum absolute atomic E-state index is 0.0261. The third-order valence-electron chi connectivity index (χ3n) is 5.38. The molecule has 0 saturated carbocycles. The van der Waals surface area contributed by atoms with Crippen molar-refractivity contribution in [2.45, 2.75) is 33.1 Å². The maximum Gasteiger partial charge on any atom is 0.226 e. The Morgan fingerprint density at radius 2 is 1.67 bits per heavy atom. The van der Waals surface area contributed by atoms with Crippen LogP contribution in [0.1, 0.15) is 29.5 Å². The first-order chi connectivity index (χ1) is 13.0. The minimum Gasteiger partial charge on any atom is -0.395 e. The summed E-state index contributed by atoms with van der Waals surface area (Å²) in [6.45, 7) is 5.70. The fourth-order valence-electron chi connectivity index (χ4n) is 3.95. The van der Waals surface area contributed by atoms with E-state index < -0.39 is 5.41 Å². The van der Waals surface area contributed by atoms with Gasteiger partial charge in [-0.1, -0.05) is 53.6 Å². The maximum absolute atomic E-state index is 12.8. The molecule has 0 atom stereocenters. The molecule has 0 spiro atoms. The quantitative estimate of drug-likeness (QED) is 0.822. The molecule has 4 nitrogen and oxygen atoms in total. The van der Waals surface area contributed by atoms with Crippen molar-refractivity contribution in [1.82, 2.24) is 5.32 Å². The van der Waals surface area contributed by atoms with Crippen LogP contribution in [0.15, 0.2) is 42.5 Å². The molecule has 1 aliphatic rings. The number of aryl methyl sites for hydroxylation is 2. The van der Waals surface area contributed by atoms with E-state index in [1.54, 1.807) is 0 Å². The van der Waals surface area contributed by atoms with E-state index in [9.17, 15) is 4.79 Å². The number of carbonyl (C=O) groups is 1. The second-order valence-corrected chi connectivity index (χ2v) is 7.62. The molecule has 1 fully saturated rings. The van der Waals surface area contributed by atoms with Crippen molar-refractivity contribution in [3.05, 3.63) is 59.2 Å². The molecule has 3 rings (SSSR count). The number of hydrogen-bond acceptors (Lipinski definition) is 3. The summed E-state index contributed by atoms with van der Waals surface area (Å²) < 4.78 is 5.49. The zero-order valence-corrected chi connectivity index (χ0v) is 16.3. The summed E-state index contributed by atoms with van der Waals surface area (Å²) in [5.74, 6) is 0.0261. The molecule has 2 aromatic rings. The zero-order valence-electron chi connectivity index (χ0n) is 16.3. The molecule has 0 unspecified atom stereocenters. The van der Waals surface area contributed by atoms with E-state index in [0.717, 1.165) is 5.56 Å². The molecule has 0 aromatic heterocycles. The van der Waals surface area contributed by atoms with E-state index in [1.807, 2.05) is 0 Å². The second kappa shape index (κ2) is 8.68. The van der Waals surface area contributed by atoms with E-state index >= 15 is 0 Å². The molecule has 4 heteroatoms. The van der Waals surface area contributed by atoms with Gasteiger partial charge in [-0.15, -0.1) is 0 Å². The molecule has 1 aliphatic heterocycles. The van der Waals surface area contributed by atoms with Gasteiger partial charge in [-0.25, -0.2) is 0 Å². The smallest absolute Gasteiger partial charge is 0.226 e. The SMILES string of the molecule is Cc1cc(C)cc(-c2ccc(CC3(C(=O)NCCO)CCOCC3)cc2)c1. The van der Waals surface area contributed by atoms with Gasteiger partial charge in [-0.3, -0.25) is 4.79 Å². The molecule has 1 saturated heterocycles. The van der Waals surface area contributed by atoms with Crippen LogP contribution < -0.4 is 5.32 Å². The number of rotatable bonds is 6. The van der Waals surface area contributed by atoms with Crippen LogP contribution in [0.2, 0.25) is 0 Å². The van der Waals surface area contributed by atoms with E-state index in [4.69, 9.17) is 9.84 Å². The van der Waals surface area contributed by atoms with Crippen LogP contribution in [0, 0.1) is 19.3 Å². The van der Waals surface area contributed by atoms with Crippen LogP contribution in [0.4, 0.5) is 0 Å². The molecule has 0 aliphatic carbocycles. The van der Waals surface area contributed by atoms with Crippen molar-refractivity contribution >= 4 is 5.91 Å². The molecule has 144 valence electrons.